The molecular formula is C10H20O2. The predicted octanol–water partition coefficient (Wildman–Crippen LogP) is 2.76. The SMILES string of the molecule is CCC(C)C(=O)OC(C)(C)CC. The Kier molecular flexibility index (Phi) is 4.29. The number of carbonyl (C=O) groups excluding carboxylic acids is 1. The quantitative estimate of drug-likeness (QED) is 0.609. The van der Waals surface area contributed by atoms with Gasteiger partial charge in [-0.2, -0.15) is 0 Å². The van der Waals surface area contributed by atoms with Crippen molar-refractivity contribution in [2.24, 2.45) is 5.92 Å². The smallest absolute Gasteiger partial charge is 0.309 e. The van der Waals surface area contributed by atoms with E-state index < -0.39 is 0 Å². The second-order valence-corrected chi connectivity index (χ2v) is 3.84. The fraction of sp³-hybridized carbons (Fsp3) is 0.900. The van der Waals surface area contributed by atoms with Gasteiger partial charge in [0.25, 0.3) is 0 Å². The topological polar surface area (TPSA) is 26.3 Å². The molecule has 2 nitrogen and oxygen atoms in total. The average Bonchev–Trinajstić information content (AvgIpc) is 2.02. The van der Waals surface area contributed by atoms with Crippen molar-refractivity contribution < 1.29 is 9.53 Å². The molecule has 2 heteroatoms. The van der Waals surface area contributed by atoms with Crippen LogP contribution in [0.3, 0.4) is 0 Å². The van der Waals surface area contributed by atoms with Gasteiger partial charge in [0.15, 0.2) is 0 Å². The molecule has 1 atom stereocenters. The van der Waals surface area contributed by atoms with Crippen molar-refractivity contribution >= 4 is 5.97 Å². The monoisotopic (exact) mass is 172 g/mol. The molecular weight excluding hydrogens is 152 g/mol. The Hall–Kier alpha value is -0.530. The van der Waals surface area contributed by atoms with Crippen LogP contribution in [0.15, 0.2) is 0 Å². The zero-order chi connectivity index (χ0) is 9.78. The van der Waals surface area contributed by atoms with Crippen LogP contribution in [0.1, 0.15) is 47.5 Å². The van der Waals surface area contributed by atoms with E-state index in [-0.39, 0.29) is 17.5 Å². The van der Waals surface area contributed by atoms with Crippen LogP contribution in [0.4, 0.5) is 0 Å². The van der Waals surface area contributed by atoms with E-state index in [9.17, 15) is 4.79 Å². The molecule has 0 saturated carbocycles. The molecule has 0 N–H and O–H groups in total. The van der Waals surface area contributed by atoms with Gasteiger partial charge in [-0.1, -0.05) is 20.8 Å². The van der Waals surface area contributed by atoms with Gasteiger partial charge in [0.1, 0.15) is 5.60 Å². The molecule has 0 aliphatic carbocycles. The Morgan fingerprint density at radius 2 is 1.92 bits per heavy atom. The average molecular weight is 172 g/mol. The Labute approximate surface area is 75.3 Å². The van der Waals surface area contributed by atoms with E-state index in [0.29, 0.717) is 0 Å². The zero-order valence-corrected chi connectivity index (χ0v) is 8.81. The molecule has 0 amide bonds. The van der Waals surface area contributed by atoms with Gasteiger partial charge in [0.2, 0.25) is 0 Å². The first-order valence-corrected chi connectivity index (χ1v) is 4.65. The van der Waals surface area contributed by atoms with E-state index in [1.807, 2.05) is 34.6 Å². The third kappa shape index (κ3) is 3.74. The van der Waals surface area contributed by atoms with Gasteiger partial charge in [0.05, 0.1) is 5.92 Å². The van der Waals surface area contributed by atoms with E-state index in [2.05, 4.69) is 0 Å². The predicted molar refractivity (Wildman–Crippen MR) is 49.9 cm³/mol. The first-order chi connectivity index (χ1) is 5.43. The summed E-state index contributed by atoms with van der Waals surface area (Å²) in [5.74, 6) is -0.0554. The summed E-state index contributed by atoms with van der Waals surface area (Å²) in [6.45, 7) is 9.78. The summed E-state index contributed by atoms with van der Waals surface area (Å²) in [6, 6.07) is 0. The molecule has 0 aliphatic heterocycles. The first-order valence-electron chi connectivity index (χ1n) is 4.65. The molecule has 0 heterocycles. The van der Waals surface area contributed by atoms with Crippen LogP contribution >= 0.6 is 0 Å². The maximum Gasteiger partial charge on any atom is 0.309 e. The van der Waals surface area contributed by atoms with E-state index in [1.165, 1.54) is 0 Å². The van der Waals surface area contributed by atoms with Crippen molar-refractivity contribution in [2.75, 3.05) is 0 Å². The maximum atomic E-state index is 11.3. The van der Waals surface area contributed by atoms with Crippen molar-refractivity contribution in [2.45, 2.75) is 53.1 Å². The molecule has 0 saturated heterocycles. The summed E-state index contributed by atoms with van der Waals surface area (Å²) in [5.41, 5.74) is -0.305. The summed E-state index contributed by atoms with van der Waals surface area (Å²) in [5, 5.41) is 0. The normalized spacial score (nSPS) is 14.1. The third-order valence-corrected chi connectivity index (χ3v) is 2.24. The van der Waals surface area contributed by atoms with Crippen molar-refractivity contribution in [1.82, 2.24) is 0 Å². The van der Waals surface area contributed by atoms with Crippen molar-refractivity contribution in [1.29, 1.82) is 0 Å². The highest BCUT2D eigenvalue weighted by Gasteiger charge is 2.22. The van der Waals surface area contributed by atoms with Crippen LogP contribution in [-0.4, -0.2) is 11.6 Å². The number of hydrogen-bond acceptors (Lipinski definition) is 2. The van der Waals surface area contributed by atoms with E-state index >= 15 is 0 Å². The van der Waals surface area contributed by atoms with Gasteiger partial charge < -0.3 is 4.74 Å². The molecule has 1 unspecified atom stereocenters. The molecule has 0 spiro atoms. The number of hydrogen-bond donors (Lipinski definition) is 0. The van der Waals surface area contributed by atoms with Gasteiger partial charge in [-0.05, 0) is 26.7 Å². The number of esters is 1. The van der Waals surface area contributed by atoms with Gasteiger partial charge in [-0.15, -0.1) is 0 Å². The summed E-state index contributed by atoms with van der Waals surface area (Å²) >= 11 is 0. The molecule has 0 fully saturated rings. The lowest BCUT2D eigenvalue weighted by Crippen LogP contribution is -2.29. The molecule has 0 aliphatic rings. The highest BCUT2D eigenvalue weighted by molar-refractivity contribution is 5.72. The molecule has 0 rings (SSSR count). The zero-order valence-electron chi connectivity index (χ0n) is 8.81. The highest BCUT2D eigenvalue weighted by atomic mass is 16.6. The van der Waals surface area contributed by atoms with Crippen molar-refractivity contribution in [3.05, 3.63) is 0 Å². The van der Waals surface area contributed by atoms with Crippen LogP contribution in [0.2, 0.25) is 0 Å². The molecule has 0 aromatic carbocycles. The summed E-state index contributed by atoms with van der Waals surface area (Å²) in [6.07, 6.45) is 1.70. The van der Waals surface area contributed by atoms with Crippen LogP contribution in [0.5, 0.6) is 0 Å². The van der Waals surface area contributed by atoms with Crippen molar-refractivity contribution in [3.8, 4) is 0 Å². The minimum atomic E-state index is -0.305. The lowest BCUT2D eigenvalue weighted by atomic mass is 10.1. The second-order valence-electron chi connectivity index (χ2n) is 3.84. The second kappa shape index (κ2) is 4.48. The fourth-order valence-corrected chi connectivity index (χ4v) is 0.612. The van der Waals surface area contributed by atoms with E-state index in [1.54, 1.807) is 0 Å². The largest absolute Gasteiger partial charge is 0.459 e. The number of carbonyl (C=O) groups is 1. The molecule has 0 aromatic heterocycles. The molecule has 0 aromatic rings. The van der Waals surface area contributed by atoms with Crippen LogP contribution in [-0.2, 0) is 9.53 Å². The molecule has 72 valence electrons. The van der Waals surface area contributed by atoms with Crippen molar-refractivity contribution in [3.63, 3.8) is 0 Å². The third-order valence-electron chi connectivity index (χ3n) is 2.24. The maximum absolute atomic E-state index is 11.3. The Morgan fingerprint density at radius 1 is 1.42 bits per heavy atom. The summed E-state index contributed by atoms with van der Waals surface area (Å²) < 4.78 is 5.30. The minimum Gasteiger partial charge on any atom is -0.459 e. The summed E-state index contributed by atoms with van der Waals surface area (Å²) in [7, 11) is 0. The van der Waals surface area contributed by atoms with Crippen LogP contribution < -0.4 is 0 Å². The molecule has 0 bridgehead atoms. The first kappa shape index (κ1) is 11.5. The van der Waals surface area contributed by atoms with Crippen LogP contribution in [0, 0.1) is 5.92 Å². The Bertz CT molecular complexity index is 150. The van der Waals surface area contributed by atoms with Gasteiger partial charge in [-0.3, -0.25) is 4.79 Å². The minimum absolute atomic E-state index is 0.0239. The fourth-order valence-electron chi connectivity index (χ4n) is 0.612. The number of rotatable bonds is 4. The van der Waals surface area contributed by atoms with Crippen LogP contribution in [0.25, 0.3) is 0 Å². The van der Waals surface area contributed by atoms with Gasteiger partial charge in [0, 0.05) is 0 Å². The standard InChI is InChI=1S/C10H20O2/c1-6-8(3)9(11)12-10(4,5)7-2/h8H,6-7H2,1-5H3. The lowest BCUT2D eigenvalue weighted by Gasteiger charge is -2.24. The lowest BCUT2D eigenvalue weighted by molar-refractivity contribution is -0.161. The van der Waals surface area contributed by atoms with Gasteiger partial charge >= 0.3 is 5.97 Å². The Morgan fingerprint density at radius 3 is 2.25 bits per heavy atom. The van der Waals surface area contributed by atoms with E-state index in [0.717, 1.165) is 12.8 Å². The summed E-state index contributed by atoms with van der Waals surface area (Å²) in [4.78, 5) is 11.3. The molecule has 0 radical (unpaired) electrons. The van der Waals surface area contributed by atoms with E-state index in [4.69, 9.17) is 4.74 Å². The number of ether oxygens (including phenoxy) is 1. The van der Waals surface area contributed by atoms with Gasteiger partial charge in [-0.25, -0.2) is 0 Å². The highest BCUT2D eigenvalue weighted by Crippen LogP contribution is 2.16. The Balaban J connectivity index is 4.00. The molecule has 12 heavy (non-hydrogen) atoms.